The van der Waals surface area contributed by atoms with Gasteiger partial charge in [0, 0.05) is 30.0 Å². The number of hydrogen-bond donors (Lipinski definition) is 1. The molecule has 1 N–H and O–H groups in total. The van der Waals surface area contributed by atoms with Crippen LogP contribution in [-0.4, -0.2) is 82.6 Å². The summed E-state index contributed by atoms with van der Waals surface area (Å²) in [5.74, 6) is -2.31. The van der Waals surface area contributed by atoms with Crippen molar-refractivity contribution in [1.29, 1.82) is 0 Å². The van der Waals surface area contributed by atoms with Crippen molar-refractivity contribution in [3.05, 3.63) is 23.8 Å². The van der Waals surface area contributed by atoms with Crippen LogP contribution in [0.3, 0.4) is 0 Å². The Labute approximate surface area is 225 Å². The van der Waals surface area contributed by atoms with Gasteiger partial charge in [0.2, 0.25) is 0 Å². The van der Waals surface area contributed by atoms with Gasteiger partial charge in [-0.15, -0.1) is 0 Å². The monoisotopic (exact) mass is 548 g/mol. The molecule has 2 saturated heterocycles. The number of benzene rings is 1. The van der Waals surface area contributed by atoms with E-state index < -0.39 is 40.1 Å². The van der Waals surface area contributed by atoms with E-state index in [1.165, 1.54) is 13.2 Å². The maximum Gasteiger partial charge on any atom is 0.411 e. The van der Waals surface area contributed by atoms with Gasteiger partial charge in [-0.1, -0.05) is 0 Å². The van der Waals surface area contributed by atoms with Gasteiger partial charge in [0.05, 0.1) is 31.2 Å². The van der Waals surface area contributed by atoms with Gasteiger partial charge in [-0.3, -0.25) is 9.69 Å². The number of hydrogen-bond acceptors (Lipinski definition) is 9. The topological polar surface area (TPSA) is 114 Å². The molecule has 212 valence electrons. The largest absolute Gasteiger partial charge is 0.469 e. The van der Waals surface area contributed by atoms with Gasteiger partial charge in [0.25, 0.3) is 0 Å². The lowest BCUT2D eigenvalue weighted by molar-refractivity contribution is -0.143. The second-order valence-corrected chi connectivity index (χ2v) is 12.1. The van der Waals surface area contributed by atoms with Crippen molar-refractivity contribution in [3.8, 4) is 6.01 Å². The molecule has 4 atom stereocenters. The fourth-order valence-corrected chi connectivity index (χ4v) is 5.91. The average molecular weight is 549 g/mol. The summed E-state index contributed by atoms with van der Waals surface area (Å²) >= 11 is 0. The molecule has 3 fully saturated rings. The molecule has 10 nitrogen and oxygen atoms in total. The first-order valence-electron chi connectivity index (χ1n) is 13.0. The molecule has 1 amide bonds. The van der Waals surface area contributed by atoms with E-state index in [9.17, 15) is 23.5 Å². The Kier molecular flexibility index (Phi) is 6.60. The molecule has 3 aliphatic rings. The van der Waals surface area contributed by atoms with Gasteiger partial charge in [0.1, 0.15) is 29.4 Å². The summed E-state index contributed by atoms with van der Waals surface area (Å²) in [5, 5.41) is 10.1. The number of nitrogens with zero attached hydrogens (tertiary/aromatic N) is 4. The van der Waals surface area contributed by atoms with E-state index in [2.05, 4.69) is 9.97 Å². The van der Waals surface area contributed by atoms with E-state index in [0.29, 0.717) is 19.5 Å². The zero-order valence-corrected chi connectivity index (χ0v) is 22.8. The van der Waals surface area contributed by atoms with Gasteiger partial charge in [0.15, 0.2) is 5.82 Å². The number of rotatable bonds is 6. The first kappa shape index (κ1) is 27.3. The van der Waals surface area contributed by atoms with Crippen molar-refractivity contribution >= 4 is 28.8 Å². The van der Waals surface area contributed by atoms with Gasteiger partial charge < -0.3 is 24.2 Å². The Hall–Kier alpha value is -3.28. The average Bonchev–Trinajstić information content (AvgIpc) is 3.54. The van der Waals surface area contributed by atoms with Crippen LogP contribution in [0, 0.1) is 23.0 Å². The van der Waals surface area contributed by atoms with Crippen LogP contribution >= 0.6 is 0 Å². The predicted molar refractivity (Wildman–Crippen MR) is 136 cm³/mol. The summed E-state index contributed by atoms with van der Waals surface area (Å²) < 4.78 is 45.5. The number of piperazine rings is 1. The molecule has 3 heterocycles. The highest BCUT2D eigenvalue weighted by Crippen LogP contribution is 2.53. The van der Waals surface area contributed by atoms with Crippen LogP contribution < -0.4 is 9.64 Å². The predicted octanol–water partition coefficient (Wildman–Crippen LogP) is 3.44. The summed E-state index contributed by atoms with van der Waals surface area (Å²) in [6.07, 6.45) is 1.47. The van der Waals surface area contributed by atoms with E-state index in [1.54, 1.807) is 4.90 Å². The summed E-state index contributed by atoms with van der Waals surface area (Å²) in [5.41, 5.74) is -2.17. The minimum Gasteiger partial charge on any atom is -0.469 e. The molecule has 1 saturated carbocycles. The smallest absolute Gasteiger partial charge is 0.411 e. The summed E-state index contributed by atoms with van der Waals surface area (Å²) in [6, 6.07) is 1.60. The van der Waals surface area contributed by atoms with Gasteiger partial charge in [-0.05, 0) is 53.0 Å². The van der Waals surface area contributed by atoms with Crippen LogP contribution in [0.5, 0.6) is 6.01 Å². The quantitative estimate of drug-likeness (QED) is 0.542. The van der Waals surface area contributed by atoms with E-state index in [4.69, 9.17) is 14.2 Å². The molecule has 39 heavy (non-hydrogen) atoms. The highest BCUT2D eigenvalue weighted by Gasteiger charge is 2.59. The van der Waals surface area contributed by atoms with Crippen molar-refractivity contribution in [2.75, 3.05) is 38.3 Å². The zero-order chi connectivity index (χ0) is 28.3. The molecule has 1 aliphatic carbocycles. The van der Waals surface area contributed by atoms with Crippen LogP contribution in [0.1, 0.15) is 47.0 Å². The molecule has 5 rings (SSSR count). The van der Waals surface area contributed by atoms with Gasteiger partial charge >= 0.3 is 18.1 Å². The zero-order valence-electron chi connectivity index (χ0n) is 22.8. The lowest BCUT2D eigenvalue weighted by atomic mass is 9.97. The molecular weight excluding hydrogens is 514 g/mol. The number of aromatic nitrogens is 2. The van der Waals surface area contributed by atoms with Crippen molar-refractivity contribution in [3.63, 3.8) is 0 Å². The first-order chi connectivity index (χ1) is 18.3. The van der Waals surface area contributed by atoms with E-state index in [-0.39, 0.29) is 48.1 Å². The minimum absolute atomic E-state index is 0.0796. The third-order valence-corrected chi connectivity index (χ3v) is 7.97. The maximum absolute atomic E-state index is 14.9. The number of fused-ring (bicyclic) bond motifs is 3. The van der Waals surface area contributed by atoms with Crippen LogP contribution in [0.2, 0.25) is 0 Å². The number of methoxy groups -OCH3 is 1. The number of ether oxygens (including phenoxy) is 3. The molecular formula is C27H34F2N4O6. The Morgan fingerprint density at radius 3 is 2.62 bits per heavy atom. The fourth-order valence-electron chi connectivity index (χ4n) is 5.91. The van der Waals surface area contributed by atoms with E-state index in [0.717, 1.165) is 18.9 Å². The maximum atomic E-state index is 14.9. The molecule has 0 spiro atoms. The van der Waals surface area contributed by atoms with Gasteiger partial charge in [-0.2, -0.15) is 9.97 Å². The number of anilines is 1. The Bertz CT molecular complexity index is 1320. The molecule has 2 unspecified atom stereocenters. The number of aliphatic hydroxyl groups is 1. The molecule has 12 heteroatoms. The molecule has 1 aromatic heterocycles. The second-order valence-electron chi connectivity index (χ2n) is 12.1. The van der Waals surface area contributed by atoms with Crippen molar-refractivity contribution < 1.29 is 37.7 Å². The number of aliphatic hydroxyl groups excluding tert-OH is 1. The summed E-state index contributed by atoms with van der Waals surface area (Å²) in [7, 11) is 1.28. The van der Waals surface area contributed by atoms with Crippen LogP contribution in [0.4, 0.5) is 19.4 Å². The van der Waals surface area contributed by atoms with E-state index >= 15 is 0 Å². The Morgan fingerprint density at radius 1 is 1.23 bits per heavy atom. The molecule has 0 radical (unpaired) electrons. The summed E-state index contributed by atoms with van der Waals surface area (Å²) in [4.78, 5) is 37.5. The van der Waals surface area contributed by atoms with Crippen LogP contribution in [-0.2, 0) is 14.3 Å². The third kappa shape index (κ3) is 4.94. The first-order valence-corrected chi connectivity index (χ1v) is 13.0. The fraction of sp³-hybridized carbons (Fsp3) is 0.630. The van der Waals surface area contributed by atoms with Crippen LogP contribution in [0.25, 0.3) is 10.9 Å². The van der Waals surface area contributed by atoms with Crippen molar-refractivity contribution in [1.82, 2.24) is 14.9 Å². The molecule has 2 aliphatic heterocycles. The number of esters is 1. The van der Waals surface area contributed by atoms with E-state index in [1.807, 2.05) is 32.6 Å². The van der Waals surface area contributed by atoms with Gasteiger partial charge in [-0.25, -0.2) is 13.6 Å². The Balaban J connectivity index is 1.46. The third-order valence-electron chi connectivity index (χ3n) is 7.97. The minimum atomic E-state index is -0.865. The molecule has 2 bridgehead atoms. The highest BCUT2D eigenvalue weighted by molar-refractivity contribution is 5.90. The number of amides is 1. The number of carbonyl (C=O) groups excluding carboxylic acids is 2. The highest BCUT2D eigenvalue weighted by atomic mass is 19.1. The Morgan fingerprint density at radius 2 is 1.97 bits per heavy atom. The normalized spacial score (nSPS) is 28.0. The number of carbonyl (C=O) groups is 2. The summed E-state index contributed by atoms with van der Waals surface area (Å²) in [6.45, 7) is 7.77. The second kappa shape index (κ2) is 9.42. The van der Waals surface area contributed by atoms with Crippen LogP contribution in [0.15, 0.2) is 12.1 Å². The standard InChI is InChI=1S/C27H34F2N4O6/c1-25(2,3)39-24(36)33-16-6-7-26(33,4)12-32(11-16)21-17-8-15(28)9-19(29)20(17)30-23(31-21)38-14-27(13-34)10-18(27)22(35)37-5/h8-9,16,18,34H,6-7,10-14H2,1-5H3/t16-,18?,26+,27?/m1/s1. The molecule has 2 aromatic rings. The lowest BCUT2D eigenvalue weighted by Gasteiger charge is -2.47. The lowest BCUT2D eigenvalue weighted by Crippen LogP contribution is -2.63. The number of halogens is 2. The SMILES string of the molecule is COC(=O)C1CC1(CO)COc1nc(N2C[C@H]3CC[C@@](C)(C2)N3C(=O)OC(C)(C)C)c2cc(F)cc(F)c2n1. The molecule has 1 aromatic carbocycles. The van der Waals surface area contributed by atoms with Crippen molar-refractivity contribution in [2.45, 2.75) is 64.1 Å². The van der Waals surface area contributed by atoms with Crippen molar-refractivity contribution in [2.24, 2.45) is 11.3 Å².